The van der Waals surface area contributed by atoms with E-state index in [9.17, 15) is 0 Å². The van der Waals surface area contributed by atoms with E-state index in [2.05, 4.69) is 6.92 Å². The molecule has 3 aliphatic heterocycles. The molecule has 6 atom stereocenters. The Kier molecular flexibility index (Phi) is 3.56. The Bertz CT molecular complexity index is 460. The van der Waals surface area contributed by atoms with Gasteiger partial charge in [0.15, 0.2) is 5.79 Å². The Morgan fingerprint density at radius 2 is 1.74 bits per heavy atom. The summed E-state index contributed by atoms with van der Waals surface area (Å²) in [6, 6.07) is 0. The van der Waals surface area contributed by atoms with Crippen molar-refractivity contribution in [3.05, 3.63) is 0 Å². The van der Waals surface area contributed by atoms with Gasteiger partial charge in [-0.2, -0.15) is 0 Å². The molecule has 130 valence electrons. The number of rotatable bonds is 2. The molecular formula is C19H30O4. The van der Waals surface area contributed by atoms with Crippen LogP contribution in [0.2, 0.25) is 0 Å². The summed E-state index contributed by atoms with van der Waals surface area (Å²) in [7, 11) is 0. The maximum atomic E-state index is 6.63. The SMILES string of the molecule is CCC[C@H]1CC[C@@H]2O[C@@H]3C[C@]2(C[C@H]2OC4(CCCCC4)O[C@@H]32)O1. The van der Waals surface area contributed by atoms with Crippen molar-refractivity contribution in [2.45, 2.75) is 119 Å². The molecule has 2 aliphatic carbocycles. The predicted molar refractivity (Wildman–Crippen MR) is 85.2 cm³/mol. The van der Waals surface area contributed by atoms with E-state index in [1.807, 2.05) is 0 Å². The number of hydrogen-bond donors (Lipinski definition) is 0. The van der Waals surface area contributed by atoms with Crippen molar-refractivity contribution in [2.24, 2.45) is 0 Å². The molecule has 2 spiro atoms. The van der Waals surface area contributed by atoms with Crippen molar-refractivity contribution in [3.8, 4) is 0 Å². The van der Waals surface area contributed by atoms with Gasteiger partial charge in [0.25, 0.3) is 0 Å². The average molecular weight is 322 g/mol. The van der Waals surface area contributed by atoms with Crippen molar-refractivity contribution < 1.29 is 18.9 Å². The molecule has 0 aromatic carbocycles. The maximum absolute atomic E-state index is 6.63. The second-order valence-electron chi connectivity index (χ2n) is 8.45. The molecule has 4 heteroatoms. The standard InChI is InChI=1S/C19H30O4/c1-2-6-13-7-8-16-18(21-13)11-14(20-16)17-15(12-18)22-19(23-17)9-4-3-5-10-19/h13-17H,2-12H2,1H3/t13-,14+,15+,16-,17-,18+/m0/s1. The molecule has 3 saturated heterocycles. The lowest BCUT2D eigenvalue weighted by atomic mass is 9.76. The van der Waals surface area contributed by atoms with Gasteiger partial charge in [-0.1, -0.05) is 19.8 Å². The van der Waals surface area contributed by atoms with E-state index in [1.165, 1.54) is 32.1 Å². The molecule has 2 saturated carbocycles. The minimum atomic E-state index is -0.301. The van der Waals surface area contributed by atoms with Gasteiger partial charge in [0.2, 0.25) is 0 Å². The average Bonchev–Trinajstić information content (AvgIpc) is 3.04. The summed E-state index contributed by atoms with van der Waals surface area (Å²) >= 11 is 0. The summed E-state index contributed by atoms with van der Waals surface area (Å²) in [6.45, 7) is 2.25. The smallest absolute Gasteiger partial charge is 0.169 e. The predicted octanol–water partition coefficient (Wildman–Crippen LogP) is 3.71. The minimum Gasteiger partial charge on any atom is -0.369 e. The normalized spacial score (nSPS) is 50.7. The molecule has 0 unspecified atom stereocenters. The lowest BCUT2D eigenvalue weighted by Gasteiger charge is -2.44. The van der Waals surface area contributed by atoms with Gasteiger partial charge >= 0.3 is 0 Å². The summed E-state index contributed by atoms with van der Waals surface area (Å²) in [4.78, 5) is 0. The van der Waals surface area contributed by atoms with Gasteiger partial charge in [-0.3, -0.25) is 0 Å². The second kappa shape index (κ2) is 5.42. The van der Waals surface area contributed by atoms with E-state index in [0.717, 1.165) is 38.5 Å². The first-order valence-corrected chi connectivity index (χ1v) is 9.91. The summed E-state index contributed by atoms with van der Waals surface area (Å²) in [5, 5.41) is 0. The Morgan fingerprint density at radius 3 is 2.57 bits per heavy atom. The quantitative estimate of drug-likeness (QED) is 0.776. The third-order valence-electron chi connectivity index (χ3n) is 6.85. The first-order valence-electron chi connectivity index (χ1n) is 9.91. The first kappa shape index (κ1) is 15.1. The third kappa shape index (κ3) is 2.32. The van der Waals surface area contributed by atoms with Gasteiger partial charge in [-0.05, 0) is 32.1 Å². The molecule has 4 nitrogen and oxygen atoms in total. The number of hydrogen-bond acceptors (Lipinski definition) is 4. The van der Waals surface area contributed by atoms with Crippen LogP contribution in [0.15, 0.2) is 0 Å². The lowest BCUT2D eigenvalue weighted by Crippen LogP contribution is -2.53. The summed E-state index contributed by atoms with van der Waals surface area (Å²) in [5.41, 5.74) is -0.0898. The van der Waals surface area contributed by atoms with E-state index in [1.54, 1.807) is 0 Å². The molecule has 0 aromatic heterocycles. The molecule has 5 aliphatic rings. The lowest BCUT2D eigenvalue weighted by molar-refractivity contribution is -0.215. The summed E-state index contributed by atoms with van der Waals surface area (Å²) in [5.74, 6) is -0.301. The summed E-state index contributed by atoms with van der Waals surface area (Å²) in [6.07, 6.45) is 13.7. The second-order valence-corrected chi connectivity index (χ2v) is 8.45. The molecule has 5 rings (SSSR count). The summed E-state index contributed by atoms with van der Waals surface area (Å²) < 4.78 is 26.1. The number of fused-ring (bicyclic) bond motifs is 3. The molecule has 0 amide bonds. The largest absolute Gasteiger partial charge is 0.369 e. The van der Waals surface area contributed by atoms with Crippen molar-refractivity contribution >= 4 is 0 Å². The van der Waals surface area contributed by atoms with Gasteiger partial charge in [0, 0.05) is 25.7 Å². The molecule has 0 aromatic rings. The Labute approximate surface area is 139 Å². The van der Waals surface area contributed by atoms with E-state index < -0.39 is 0 Å². The zero-order valence-electron chi connectivity index (χ0n) is 14.3. The van der Waals surface area contributed by atoms with Crippen molar-refractivity contribution in [3.63, 3.8) is 0 Å². The van der Waals surface area contributed by atoms with Crippen molar-refractivity contribution in [2.75, 3.05) is 0 Å². The highest BCUT2D eigenvalue weighted by atomic mass is 16.8. The van der Waals surface area contributed by atoms with Crippen LogP contribution in [0.1, 0.15) is 77.6 Å². The van der Waals surface area contributed by atoms with Crippen molar-refractivity contribution in [1.82, 2.24) is 0 Å². The third-order valence-corrected chi connectivity index (χ3v) is 6.85. The van der Waals surface area contributed by atoms with Crippen LogP contribution in [-0.2, 0) is 18.9 Å². The van der Waals surface area contributed by atoms with Crippen LogP contribution in [0.3, 0.4) is 0 Å². The van der Waals surface area contributed by atoms with Gasteiger partial charge in [-0.25, -0.2) is 0 Å². The molecule has 3 heterocycles. The zero-order chi connectivity index (χ0) is 15.5. The van der Waals surface area contributed by atoms with Crippen LogP contribution in [0.25, 0.3) is 0 Å². The van der Waals surface area contributed by atoms with E-state index >= 15 is 0 Å². The molecule has 0 N–H and O–H groups in total. The fourth-order valence-corrected chi connectivity index (χ4v) is 5.85. The molecule has 0 radical (unpaired) electrons. The van der Waals surface area contributed by atoms with Crippen LogP contribution in [0.5, 0.6) is 0 Å². The number of ether oxygens (including phenoxy) is 4. The Hall–Kier alpha value is -0.160. The highest BCUT2D eigenvalue weighted by Crippen LogP contribution is 2.55. The van der Waals surface area contributed by atoms with Crippen molar-refractivity contribution in [1.29, 1.82) is 0 Å². The Balaban J connectivity index is 1.36. The monoisotopic (exact) mass is 322 g/mol. The van der Waals surface area contributed by atoms with E-state index in [0.29, 0.717) is 6.10 Å². The minimum absolute atomic E-state index is 0.0898. The fourth-order valence-electron chi connectivity index (χ4n) is 5.85. The maximum Gasteiger partial charge on any atom is 0.169 e. The van der Waals surface area contributed by atoms with Gasteiger partial charge in [0.1, 0.15) is 6.10 Å². The molecule has 5 fully saturated rings. The van der Waals surface area contributed by atoms with Gasteiger partial charge < -0.3 is 18.9 Å². The highest BCUT2D eigenvalue weighted by Gasteiger charge is 2.65. The highest BCUT2D eigenvalue weighted by molar-refractivity contribution is 5.12. The van der Waals surface area contributed by atoms with E-state index in [-0.39, 0.29) is 35.8 Å². The van der Waals surface area contributed by atoms with Gasteiger partial charge in [0.05, 0.1) is 30.0 Å². The van der Waals surface area contributed by atoms with Crippen LogP contribution < -0.4 is 0 Å². The van der Waals surface area contributed by atoms with Crippen LogP contribution in [0.4, 0.5) is 0 Å². The Morgan fingerprint density at radius 1 is 0.913 bits per heavy atom. The van der Waals surface area contributed by atoms with Crippen LogP contribution in [0, 0.1) is 0 Å². The van der Waals surface area contributed by atoms with Gasteiger partial charge in [-0.15, -0.1) is 0 Å². The molecular weight excluding hydrogens is 292 g/mol. The van der Waals surface area contributed by atoms with Crippen LogP contribution >= 0.6 is 0 Å². The zero-order valence-corrected chi connectivity index (χ0v) is 14.3. The first-order chi connectivity index (χ1) is 11.2. The van der Waals surface area contributed by atoms with Crippen LogP contribution in [-0.4, -0.2) is 41.9 Å². The molecule has 23 heavy (non-hydrogen) atoms. The van der Waals surface area contributed by atoms with E-state index in [4.69, 9.17) is 18.9 Å². The topological polar surface area (TPSA) is 36.9 Å². The fraction of sp³-hybridized carbons (Fsp3) is 1.00. The molecule has 2 bridgehead atoms.